The number of nitrogens with zero attached hydrogens (tertiary/aromatic N) is 3. The van der Waals surface area contributed by atoms with Gasteiger partial charge in [0, 0.05) is 25.8 Å². The molecule has 126 valence electrons. The van der Waals surface area contributed by atoms with Crippen LogP contribution in [0.1, 0.15) is 5.56 Å². The number of fused-ring (bicyclic) bond motifs is 1. The Morgan fingerprint density at radius 3 is 2.54 bits per heavy atom. The molecule has 6 heteroatoms. The van der Waals surface area contributed by atoms with Gasteiger partial charge in [-0.15, -0.1) is 0 Å². The molecule has 0 bridgehead atoms. The Labute approximate surface area is 141 Å². The van der Waals surface area contributed by atoms with Crippen molar-refractivity contribution in [2.24, 2.45) is 17.8 Å². The quantitative estimate of drug-likeness (QED) is 0.847. The van der Waals surface area contributed by atoms with E-state index in [4.69, 9.17) is 5.73 Å². The van der Waals surface area contributed by atoms with Crippen LogP contribution in [0.25, 0.3) is 5.69 Å². The Hall–Kier alpha value is -2.18. The second kappa shape index (κ2) is 6.03. The minimum Gasteiger partial charge on any atom is -0.383 e. The van der Waals surface area contributed by atoms with Crippen molar-refractivity contribution in [1.29, 1.82) is 0 Å². The van der Waals surface area contributed by atoms with Gasteiger partial charge >= 0.3 is 5.69 Å². The maximum Gasteiger partial charge on any atom is 0.354 e. The van der Waals surface area contributed by atoms with Crippen LogP contribution in [0.3, 0.4) is 0 Å². The van der Waals surface area contributed by atoms with Crippen LogP contribution in [0.4, 0.5) is 5.82 Å². The van der Waals surface area contributed by atoms with Crippen LogP contribution < -0.4 is 16.7 Å². The van der Waals surface area contributed by atoms with E-state index < -0.39 is 0 Å². The average molecular weight is 325 g/mol. The van der Waals surface area contributed by atoms with Crippen LogP contribution >= 0.6 is 0 Å². The van der Waals surface area contributed by atoms with Crippen molar-refractivity contribution in [3.05, 3.63) is 52.6 Å². The number of anilines is 1. The van der Waals surface area contributed by atoms with Crippen molar-refractivity contribution in [3.8, 4) is 5.69 Å². The van der Waals surface area contributed by atoms with Gasteiger partial charge in [0.15, 0.2) is 0 Å². The summed E-state index contributed by atoms with van der Waals surface area (Å²) in [6.07, 6.45) is 1.66. The summed E-state index contributed by atoms with van der Waals surface area (Å²) in [6.45, 7) is 4.55. The smallest absolute Gasteiger partial charge is 0.354 e. The number of nitrogen functional groups attached to an aromatic ring is 1. The molecule has 0 spiro atoms. The zero-order valence-electron chi connectivity index (χ0n) is 13.9. The third-order valence-electron chi connectivity index (χ3n) is 5.33. The summed E-state index contributed by atoms with van der Waals surface area (Å²) in [4.78, 5) is 18.2. The maximum atomic E-state index is 11.9. The van der Waals surface area contributed by atoms with E-state index in [9.17, 15) is 4.79 Å². The molecule has 1 aliphatic carbocycles. The highest BCUT2D eigenvalue weighted by Gasteiger charge is 2.54. The van der Waals surface area contributed by atoms with Crippen LogP contribution in [-0.4, -0.2) is 41.1 Å². The van der Waals surface area contributed by atoms with E-state index >= 15 is 0 Å². The van der Waals surface area contributed by atoms with Gasteiger partial charge in [0.2, 0.25) is 0 Å². The third kappa shape index (κ3) is 2.83. The molecular formula is C18H23N5O. The molecule has 4 rings (SSSR count). The summed E-state index contributed by atoms with van der Waals surface area (Å²) in [7, 11) is 2.04. The van der Waals surface area contributed by atoms with E-state index in [-0.39, 0.29) is 11.5 Å². The molecule has 2 fully saturated rings. The van der Waals surface area contributed by atoms with Crippen LogP contribution in [0.5, 0.6) is 0 Å². The fraction of sp³-hybridized carbons (Fsp3) is 0.444. The summed E-state index contributed by atoms with van der Waals surface area (Å²) in [5, 5.41) is 3.29. The summed E-state index contributed by atoms with van der Waals surface area (Å²) < 4.78 is 1.51. The number of nitrogens with one attached hydrogen (secondary N) is 1. The zero-order chi connectivity index (χ0) is 16.7. The lowest BCUT2D eigenvalue weighted by Gasteiger charge is -2.19. The molecule has 0 radical (unpaired) electrons. The van der Waals surface area contributed by atoms with E-state index in [2.05, 4.69) is 27.3 Å². The highest BCUT2D eigenvalue weighted by molar-refractivity contribution is 5.36. The standard InChI is InChI=1S/C18H23N5O/c1-20-8-14-15-10-22(11-16(14)15)9-12-2-4-13(5-3-12)23-7-6-17(19)21-18(23)24/h2-7,14-16,20H,8-11H2,1H3,(H2,19,21,24). The predicted molar refractivity (Wildman–Crippen MR) is 93.9 cm³/mol. The SMILES string of the molecule is CNCC1C2CN(Cc3ccc(-n4ccc(N)nc4=O)cc3)CC12. The predicted octanol–water partition coefficient (Wildman–Crippen LogP) is 0.712. The number of likely N-dealkylation sites (tertiary alicyclic amines) is 1. The summed E-state index contributed by atoms with van der Waals surface area (Å²) >= 11 is 0. The van der Waals surface area contributed by atoms with E-state index in [1.807, 2.05) is 19.2 Å². The second-order valence-electron chi connectivity index (χ2n) is 6.91. The minimum absolute atomic E-state index is 0.247. The van der Waals surface area contributed by atoms with Crippen LogP contribution in [0, 0.1) is 17.8 Å². The van der Waals surface area contributed by atoms with E-state index in [0.29, 0.717) is 0 Å². The Bertz CT molecular complexity index is 773. The van der Waals surface area contributed by atoms with Crippen molar-refractivity contribution in [3.63, 3.8) is 0 Å². The second-order valence-corrected chi connectivity index (χ2v) is 6.91. The third-order valence-corrected chi connectivity index (χ3v) is 5.33. The van der Waals surface area contributed by atoms with Crippen molar-refractivity contribution in [2.45, 2.75) is 6.54 Å². The number of aromatic nitrogens is 2. The van der Waals surface area contributed by atoms with Crippen LogP contribution in [-0.2, 0) is 6.54 Å². The van der Waals surface area contributed by atoms with E-state index in [1.165, 1.54) is 23.2 Å². The largest absolute Gasteiger partial charge is 0.383 e. The van der Waals surface area contributed by atoms with Crippen LogP contribution in [0.2, 0.25) is 0 Å². The molecule has 0 amide bonds. The summed E-state index contributed by atoms with van der Waals surface area (Å²) in [6, 6.07) is 9.75. The van der Waals surface area contributed by atoms with Crippen molar-refractivity contribution >= 4 is 5.82 Å². The zero-order valence-corrected chi connectivity index (χ0v) is 13.9. The number of hydrogen-bond acceptors (Lipinski definition) is 5. The highest BCUT2D eigenvalue weighted by Crippen LogP contribution is 2.51. The lowest BCUT2D eigenvalue weighted by atomic mass is 10.1. The van der Waals surface area contributed by atoms with Crippen molar-refractivity contribution in [1.82, 2.24) is 19.8 Å². The number of benzene rings is 1. The number of nitrogens with two attached hydrogens (primary N) is 1. The highest BCUT2D eigenvalue weighted by atomic mass is 16.1. The van der Waals surface area contributed by atoms with Crippen molar-refractivity contribution < 1.29 is 0 Å². The van der Waals surface area contributed by atoms with Gasteiger partial charge in [-0.1, -0.05) is 12.1 Å². The maximum absolute atomic E-state index is 11.9. The molecule has 24 heavy (non-hydrogen) atoms. The number of piperidine rings is 1. The Morgan fingerprint density at radius 2 is 1.92 bits per heavy atom. The molecule has 1 aromatic heterocycles. The average Bonchev–Trinajstić information content (AvgIpc) is 3.02. The van der Waals surface area contributed by atoms with Gasteiger partial charge in [-0.05, 0) is 55.1 Å². The first-order valence-corrected chi connectivity index (χ1v) is 8.47. The first kappa shape index (κ1) is 15.4. The molecule has 1 aliphatic heterocycles. The number of hydrogen-bond donors (Lipinski definition) is 2. The normalized spacial score (nSPS) is 25.6. The molecule has 2 aliphatic rings. The van der Waals surface area contributed by atoms with E-state index in [1.54, 1.807) is 12.3 Å². The van der Waals surface area contributed by atoms with Gasteiger partial charge in [0.25, 0.3) is 0 Å². The molecule has 1 saturated heterocycles. The lowest BCUT2D eigenvalue weighted by Crippen LogP contribution is -2.26. The molecule has 2 aromatic rings. The van der Waals surface area contributed by atoms with Crippen LogP contribution in [0.15, 0.2) is 41.3 Å². The molecule has 1 aromatic carbocycles. The topological polar surface area (TPSA) is 76.2 Å². The number of rotatable bonds is 5. The fourth-order valence-electron chi connectivity index (χ4n) is 4.04. The first-order valence-electron chi connectivity index (χ1n) is 8.47. The molecule has 3 N–H and O–H groups in total. The van der Waals surface area contributed by atoms with Crippen molar-refractivity contribution in [2.75, 3.05) is 32.4 Å². The summed E-state index contributed by atoms with van der Waals surface area (Å²) in [5.74, 6) is 2.91. The molecule has 6 nitrogen and oxygen atoms in total. The Morgan fingerprint density at radius 1 is 1.21 bits per heavy atom. The first-order chi connectivity index (χ1) is 11.7. The van der Waals surface area contributed by atoms with Gasteiger partial charge < -0.3 is 11.1 Å². The fourth-order valence-corrected chi connectivity index (χ4v) is 4.04. The Kier molecular flexibility index (Phi) is 3.86. The van der Waals surface area contributed by atoms with Gasteiger partial charge in [-0.3, -0.25) is 9.47 Å². The van der Waals surface area contributed by atoms with E-state index in [0.717, 1.165) is 36.5 Å². The lowest BCUT2D eigenvalue weighted by molar-refractivity contribution is 0.276. The van der Waals surface area contributed by atoms with Gasteiger partial charge in [-0.25, -0.2) is 4.79 Å². The molecular weight excluding hydrogens is 302 g/mol. The van der Waals surface area contributed by atoms with Gasteiger partial charge in [0.1, 0.15) is 5.82 Å². The molecule has 1 saturated carbocycles. The monoisotopic (exact) mass is 325 g/mol. The minimum atomic E-state index is -0.349. The molecule has 2 heterocycles. The summed E-state index contributed by atoms with van der Waals surface area (Å²) in [5.41, 5.74) is 7.28. The molecule has 2 atom stereocenters. The molecule has 2 unspecified atom stereocenters. The van der Waals surface area contributed by atoms with Gasteiger partial charge in [0.05, 0.1) is 5.69 Å². The Balaban J connectivity index is 1.39. The van der Waals surface area contributed by atoms with Gasteiger partial charge in [-0.2, -0.15) is 4.98 Å².